The largest absolute Gasteiger partial charge is 0.372 e. The van der Waals surface area contributed by atoms with Crippen LogP contribution in [0.5, 0.6) is 0 Å². The molecule has 2 unspecified atom stereocenters. The number of carbonyl (C=O) groups is 2. The normalized spacial score (nSPS) is 26.5. The van der Waals surface area contributed by atoms with Gasteiger partial charge in [-0.05, 0) is 38.8 Å². The fourth-order valence-electron chi connectivity index (χ4n) is 4.97. The molecule has 3 aliphatic rings. The first-order valence-electron chi connectivity index (χ1n) is 10.8. The molecule has 7 heteroatoms. The molecule has 0 spiro atoms. The van der Waals surface area contributed by atoms with E-state index in [9.17, 15) is 9.59 Å². The molecule has 2 aliphatic heterocycles. The fraction of sp³-hybridized carbons (Fsp3) is 0.565. The number of nitrogens with zero attached hydrogens (tertiary/aromatic N) is 2. The van der Waals surface area contributed by atoms with Crippen LogP contribution in [-0.4, -0.2) is 53.0 Å². The van der Waals surface area contributed by atoms with E-state index < -0.39 is 0 Å². The van der Waals surface area contributed by atoms with Crippen molar-refractivity contribution in [3.8, 4) is 0 Å². The zero-order chi connectivity index (χ0) is 21.4. The first kappa shape index (κ1) is 21.7. The van der Waals surface area contributed by atoms with E-state index in [0.717, 1.165) is 38.5 Å². The number of hydrogen-bond acceptors (Lipinski definition) is 4. The smallest absolute Gasteiger partial charge is 0.278 e. The molecule has 0 N–H and O–H groups in total. The maximum atomic E-state index is 13.7. The van der Waals surface area contributed by atoms with E-state index in [1.54, 1.807) is 18.2 Å². The van der Waals surface area contributed by atoms with E-state index in [0.29, 0.717) is 40.0 Å². The zero-order valence-corrected chi connectivity index (χ0v) is 19.0. The number of carbonyl (C=O) groups excluding carboxylic acids is 2. The Labute approximate surface area is 187 Å². The van der Waals surface area contributed by atoms with Gasteiger partial charge in [0.05, 0.1) is 22.8 Å². The first-order valence-corrected chi connectivity index (χ1v) is 11.6. The molecule has 2 atom stereocenters. The van der Waals surface area contributed by atoms with Gasteiger partial charge in [-0.15, -0.1) is 0 Å². The van der Waals surface area contributed by atoms with Crippen molar-refractivity contribution in [3.63, 3.8) is 0 Å². The van der Waals surface area contributed by atoms with Crippen LogP contribution < -0.4 is 0 Å². The minimum absolute atomic E-state index is 0.0296. The molecule has 1 aromatic rings. The highest BCUT2D eigenvalue weighted by atomic mass is 35.5. The predicted octanol–water partition coefficient (Wildman–Crippen LogP) is 4.91. The monoisotopic (exact) mass is 450 g/mol. The summed E-state index contributed by atoms with van der Waals surface area (Å²) in [4.78, 5) is 30.9. The lowest BCUT2D eigenvalue weighted by molar-refractivity contribution is -0.141. The summed E-state index contributed by atoms with van der Waals surface area (Å²) in [7, 11) is 0. The van der Waals surface area contributed by atoms with Crippen molar-refractivity contribution < 1.29 is 14.3 Å². The van der Waals surface area contributed by atoms with E-state index in [2.05, 4.69) is 0 Å². The minimum Gasteiger partial charge on any atom is -0.372 e. The topological polar surface area (TPSA) is 49.9 Å². The molecule has 2 amide bonds. The van der Waals surface area contributed by atoms with Crippen LogP contribution in [0.2, 0.25) is 10.0 Å². The Kier molecular flexibility index (Phi) is 6.42. The number of rotatable bonds is 3. The second-order valence-electron chi connectivity index (χ2n) is 8.64. The minimum atomic E-state index is -0.238. The average Bonchev–Trinajstić information content (AvgIpc) is 2.84. The molecule has 162 valence electrons. The maximum Gasteiger partial charge on any atom is 0.278 e. The van der Waals surface area contributed by atoms with Crippen molar-refractivity contribution in [1.82, 2.24) is 9.80 Å². The van der Waals surface area contributed by atoms with Crippen LogP contribution in [0.4, 0.5) is 0 Å². The lowest BCUT2D eigenvalue weighted by Gasteiger charge is -2.37. The number of amides is 2. The molecule has 2 fully saturated rings. The van der Waals surface area contributed by atoms with E-state index in [-0.39, 0.29) is 30.1 Å². The van der Waals surface area contributed by atoms with Gasteiger partial charge in [0.25, 0.3) is 11.8 Å². The Morgan fingerprint density at radius 2 is 1.57 bits per heavy atom. The van der Waals surface area contributed by atoms with Gasteiger partial charge in [-0.3, -0.25) is 14.5 Å². The Morgan fingerprint density at radius 1 is 0.933 bits per heavy atom. The summed E-state index contributed by atoms with van der Waals surface area (Å²) < 4.78 is 5.86. The number of imide groups is 1. The molecule has 30 heavy (non-hydrogen) atoms. The molecule has 1 aliphatic carbocycles. The van der Waals surface area contributed by atoms with E-state index in [1.165, 1.54) is 4.90 Å². The van der Waals surface area contributed by atoms with Crippen LogP contribution >= 0.6 is 23.2 Å². The lowest BCUT2D eigenvalue weighted by Crippen LogP contribution is -2.48. The third-order valence-electron chi connectivity index (χ3n) is 6.22. The highest BCUT2D eigenvalue weighted by Gasteiger charge is 2.46. The molecular weight excluding hydrogens is 423 g/mol. The summed E-state index contributed by atoms with van der Waals surface area (Å²) in [5, 5.41) is 0.880. The molecule has 1 saturated heterocycles. The number of halogens is 2. The summed E-state index contributed by atoms with van der Waals surface area (Å²) in [6.45, 7) is 5.10. The molecule has 1 aromatic carbocycles. The van der Waals surface area contributed by atoms with E-state index in [4.69, 9.17) is 27.9 Å². The summed E-state index contributed by atoms with van der Waals surface area (Å²) in [6.07, 6.45) is 6.06. The van der Waals surface area contributed by atoms with Crippen molar-refractivity contribution in [3.05, 3.63) is 39.5 Å². The number of hydrogen-bond donors (Lipinski definition) is 0. The molecule has 2 heterocycles. The molecule has 0 bridgehead atoms. The second-order valence-corrected chi connectivity index (χ2v) is 9.48. The van der Waals surface area contributed by atoms with Gasteiger partial charge in [-0.1, -0.05) is 55.0 Å². The van der Waals surface area contributed by atoms with Crippen LogP contribution in [-0.2, 0) is 14.3 Å². The maximum absolute atomic E-state index is 13.7. The van der Waals surface area contributed by atoms with Crippen molar-refractivity contribution in [1.29, 1.82) is 0 Å². The molecule has 5 nitrogen and oxygen atoms in total. The van der Waals surface area contributed by atoms with Crippen molar-refractivity contribution >= 4 is 40.6 Å². The van der Waals surface area contributed by atoms with Gasteiger partial charge < -0.3 is 9.64 Å². The third kappa shape index (κ3) is 4.12. The Hall–Kier alpha value is -1.56. The van der Waals surface area contributed by atoms with Crippen LogP contribution in [0.15, 0.2) is 23.9 Å². The number of benzene rings is 1. The second kappa shape index (κ2) is 8.89. The van der Waals surface area contributed by atoms with Crippen LogP contribution in [0.25, 0.3) is 5.57 Å². The van der Waals surface area contributed by atoms with Gasteiger partial charge in [0.2, 0.25) is 0 Å². The van der Waals surface area contributed by atoms with Gasteiger partial charge >= 0.3 is 0 Å². The van der Waals surface area contributed by atoms with Crippen LogP contribution in [0.1, 0.15) is 57.9 Å². The SMILES string of the molecule is CC1CN(C2=C(c3ccc(Cl)cc3Cl)C(=O)N(C3CCCCCC3)C2=O)CC(C)O1. The van der Waals surface area contributed by atoms with Gasteiger partial charge in [0.15, 0.2) is 0 Å². The highest BCUT2D eigenvalue weighted by molar-refractivity contribution is 6.41. The Bertz CT molecular complexity index is 867. The first-order chi connectivity index (χ1) is 14.4. The van der Waals surface area contributed by atoms with Crippen molar-refractivity contribution in [2.45, 2.75) is 70.6 Å². The van der Waals surface area contributed by atoms with Crippen molar-refractivity contribution in [2.24, 2.45) is 0 Å². The summed E-state index contributed by atoms with van der Waals surface area (Å²) in [5.74, 6) is -0.438. The molecule has 0 radical (unpaired) electrons. The molecule has 0 aromatic heterocycles. The molecule has 4 rings (SSSR count). The third-order valence-corrected chi connectivity index (χ3v) is 6.76. The van der Waals surface area contributed by atoms with Gasteiger partial charge in [-0.25, -0.2) is 0 Å². The average molecular weight is 451 g/mol. The Morgan fingerprint density at radius 3 is 2.17 bits per heavy atom. The summed E-state index contributed by atoms with van der Waals surface area (Å²) in [6, 6.07) is 5.03. The van der Waals surface area contributed by atoms with Gasteiger partial charge in [0.1, 0.15) is 5.70 Å². The molecule has 1 saturated carbocycles. The predicted molar refractivity (Wildman–Crippen MR) is 118 cm³/mol. The van der Waals surface area contributed by atoms with Crippen LogP contribution in [0, 0.1) is 0 Å². The van der Waals surface area contributed by atoms with Gasteiger partial charge in [0, 0.05) is 29.7 Å². The van der Waals surface area contributed by atoms with E-state index in [1.807, 2.05) is 18.7 Å². The fourth-order valence-corrected chi connectivity index (χ4v) is 5.47. The van der Waals surface area contributed by atoms with Crippen LogP contribution in [0.3, 0.4) is 0 Å². The highest BCUT2D eigenvalue weighted by Crippen LogP contribution is 2.39. The zero-order valence-electron chi connectivity index (χ0n) is 17.5. The number of morpholine rings is 1. The summed E-state index contributed by atoms with van der Waals surface area (Å²) in [5.41, 5.74) is 1.42. The standard InChI is InChI=1S/C23H28Cl2N2O3/c1-14-12-26(13-15(2)30-14)21-20(18-10-9-16(24)11-19(18)25)22(28)27(23(21)29)17-7-5-3-4-6-8-17/h9-11,14-15,17H,3-8,12-13H2,1-2H3. The quantitative estimate of drug-likeness (QED) is 0.484. The van der Waals surface area contributed by atoms with E-state index >= 15 is 0 Å². The number of ether oxygens (including phenoxy) is 1. The summed E-state index contributed by atoms with van der Waals surface area (Å²) >= 11 is 12.6. The molecular formula is C23H28Cl2N2O3. The van der Waals surface area contributed by atoms with Crippen molar-refractivity contribution in [2.75, 3.05) is 13.1 Å². The Balaban J connectivity index is 1.79. The van der Waals surface area contributed by atoms with Gasteiger partial charge in [-0.2, -0.15) is 0 Å². The lowest BCUT2D eigenvalue weighted by atomic mass is 10.0.